The molecule has 15 heavy (non-hydrogen) atoms. The highest BCUT2D eigenvalue weighted by atomic mass is 31.1. The van der Waals surface area contributed by atoms with E-state index in [0.717, 1.165) is 5.56 Å². The molecule has 0 radical (unpaired) electrons. The van der Waals surface area contributed by atoms with E-state index >= 15 is 0 Å². The van der Waals surface area contributed by atoms with Gasteiger partial charge < -0.3 is 5.11 Å². The maximum absolute atomic E-state index is 10.5. The summed E-state index contributed by atoms with van der Waals surface area (Å²) in [6.45, 7) is 0. The van der Waals surface area contributed by atoms with Gasteiger partial charge in [0.1, 0.15) is 5.40 Å². The van der Waals surface area contributed by atoms with Crippen LogP contribution in [0.4, 0.5) is 0 Å². The topological polar surface area (TPSA) is 71.4 Å². The molecule has 6 heteroatoms. The highest BCUT2D eigenvalue weighted by molar-refractivity contribution is 7.44. The van der Waals surface area contributed by atoms with Gasteiger partial charge in [-0.15, -0.1) is 0 Å². The van der Waals surface area contributed by atoms with Crippen LogP contribution in [0.15, 0.2) is 24.3 Å². The van der Waals surface area contributed by atoms with E-state index in [1.807, 2.05) is 0 Å². The molecule has 0 amide bonds. The normalized spacial score (nSPS) is 12.8. The fraction of sp³-hybridized carbons (Fsp3) is 0.222. The first-order valence-corrected chi connectivity index (χ1v) is 5.91. The highest BCUT2D eigenvalue weighted by Crippen LogP contribution is 2.23. The fourth-order valence-corrected chi connectivity index (χ4v) is 1.81. The summed E-state index contributed by atoms with van der Waals surface area (Å²) in [5, 5.41) is 8.19. The van der Waals surface area contributed by atoms with Crippen LogP contribution in [0.3, 0.4) is 0 Å². The lowest BCUT2D eigenvalue weighted by molar-refractivity contribution is 0.0697. The molecule has 4 nitrogen and oxygen atoms in total. The number of carbonyl (C=O) groups is 1. The van der Waals surface area contributed by atoms with Crippen LogP contribution in [0.2, 0.25) is 0 Å². The van der Waals surface area contributed by atoms with Crippen molar-refractivity contribution in [3.63, 3.8) is 0 Å². The number of hydrogen-bond acceptors (Lipinski definition) is 3. The second kappa shape index (κ2) is 5.69. The van der Waals surface area contributed by atoms with E-state index in [9.17, 15) is 13.9 Å². The number of rotatable bonds is 5. The van der Waals surface area contributed by atoms with Crippen LogP contribution in [0, 0.1) is 0 Å². The minimum absolute atomic E-state index is 0.170. The third-order valence-corrected chi connectivity index (χ3v) is 3.28. The van der Waals surface area contributed by atoms with Crippen LogP contribution in [-0.4, -0.2) is 16.5 Å². The molecule has 78 valence electrons. The lowest BCUT2D eigenvalue weighted by Crippen LogP contribution is -1.98. The summed E-state index contributed by atoms with van der Waals surface area (Å²) in [5.74, 6) is -0.984. The van der Waals surface area contributed by atoms with Crippen LogP contribution in [-0.2, 0) is 15.6 Å². The molecule has 1 N–H and O–H groups in total. The van der Waals surface area contributed by atoms with Gasteiger partial charge in [0.05, 0.1) is 5.56 Å². The molecule has 1 aromatic carbocycles. The van der Waals surface area contributed by atoms with Crippen molar-refractivity contribution in [2.75, 3.05) is 0 Å². The molecular formula is C9H8O4P2. The highest BCUT2D eigenvalue weighted by Gasteiger charge is 2.09. The molecule has 0 aromatic heterocycles. The average molecular weight is 242 g/mol. The second-order valence-corrected chi connectivity index (χ2v) is 4.97. The van der Waals surface area contributed by atoms with Crippen molar-refractivity contribution < 1.29 is 19.0 Å². The molecule has 0 fully saturated rings. The van der Waals surface area contributed by atoms with Gasteiger partial charge >= 0.3 is 5.97 Å². The summed E-state index contributed by atoms with van der Waals surface area (Å²) >= 11 is 0. The van der Waals surface area contributed by atoms with Gasteiger partial charge in [-0.3, -0.25) is 9.13 Å². The second-order valence-electron chi connectivity index (χ2n) is 2.90. The summed E-state index contributed by atoms with van der Waals surface area (Å²) in [6.07, 6.45) is 0.399. The van der Waals surface area contributed by atoms with Crippen molar-refractivity contribution in [2.24, 2.45) is 0 Å². The molecule has 0 unspecified atom stereocenters. The lowest BCUT2D eigenvalue weighted by atomic mass is 10.1. The third kappa shape index (κ3) is 3.50. The maximum atomic E-state index is 10.5. The lowest BCUT2D eigenvalue weighted by Gasteiger charge is -2.01. The van der Waals surface area contributed by atoms with Crippen molar-refractivity contribution in [3.8, 4) is 0 Å². The SMILES string of the molecule is O=PC(Cc1ccc(C(=O)O)cc1)P=O. The summed E-state index contributed by atoms with van der Waals surface area (Å²) in [6, 6.07) is 6.20. The summed E-state index contributed by atoms with van der Waals surface area (Å²) in [7, 11) is -0.340. The number of hydrogen-bond donors (Lipinski definition) is 1. The van der Waals surface area contributed by atoms with Gasteiger partial charge in [0, 0.05) is 0 Å². The van der Waals surface area contributed by atoms with E-state index in [0.29, 0.717) is 6.42 Å². The molecule has 0 saturated heterocycles. The van der Waals surface area contributed by atoms with Crippen molar-refractivity contribution in [1.29, 1.82) is 0 Å². The van der Waals surface area contributed by atoms with Gasteiger partial charge in [0.15, 0.2) is 16.9 Å². The first kappa shape index (κ1) is 12.0. The molecule has 1 aromatic rings. The van der Waals surface area contributed by atoms with Gasteiger partial charge in [0.25, 0.3) is 0 Å². The van der Waals surface area contributed by atoms with Crippen molar-refractivity contribution in [3.05, 3.63) is 35.4 Å². The molecular weight excluding hydrogens is 234 g/mol. The van der Waals surface area contributed by atoms with E-state index in [-0.39, 0.29) is 22.5 Å². The summed E-state index contributed by atoms with van der Waals surface area (Å²) < 4.78 is 21.0. The first-order chi connectivity index (χ1) is 7.17. The Morgan fingerprint density at radius 2 is 1.73 bits per heavy atom. The summed E-state index contributed by atoms with van der Waals surface area (Å²) in [5.41, 5.74) is 1.02. The molecule has 0 saturated carbocycles. The maximum Gasteiger partial charge on any atom is 0.335 e. The number of benzene rings is 1. The van der Waals surface area contributed by atoms with Crippen molar-refractivity contribution >= 4 is 22.9 Å². The largest absolute Gasteiger partial charge is 0.478 e. The molecule has 0 heterocycles. The van der Waals surface area contributed by atoms with Crippen LogP contribution < -0.4 is 0 Å². The Balaban J connectivity index is 2.76. The Morgan fingerprint density at radius 1 is 1.20 bits per heavy atom. The Morgan fingerprint density at radius 3 is 2.13 bits per heavy atom. The fourth-order valence-electron chi connectivity index (χ4n) is 1.09. The number of carboxylic acids is 1. The molecule has 0 spiro atoms. The quantitative estimate of drug-likeness (QED) is 0.805. The van der Waals surface area contributed by atoms with Gasteiger partial charge in [-0.1, -0.05) is 12.1 Å². The summed E-state index contributed by atoms with van der Waals surface area (Å²) in [4.78, 5) is 10.5. The Labute approximate surface area is 89.7 Å². The number of aromatic carboxylic acids is 1. The van der Waals surface area contributed by atoms with Gasteiger partial charge in [-0.25, -0.2) is 4.79 Å². The van der Waals surface area contributed by atoms with E-state index in [1.165, 1.54) is 12.1 Å². The van der Waals surface area contributed by atoms with Gasteiger partial charge in [-0.2, -0.15) is 0 Å². The smallest absolute Gasteiger partial charge is 0.335 e. The van der Waals surface area contributed by atoms with Crippen LogP contribution >= 0.6 is 16.9 Å². The molecule has 0 bridgehead atoms. The molecule has 0 aliphatic rings. The van der Waals surface area contributed by atoms with E-state index in [4.69, 9.17) is 5.11 Å². The molecule has 1 rings (SSSR count). The standard InChI is InChI=1S/C9H8O4P2/c10-9(11)7-3-1-6(2-4-7)5-8(14-12)15-13/h1-4,8H,5H2,(H,10,11). The zero-order chi connectivity index (χ0) is 11.3. The van der Waals surface area contributed by atoms with Crippen LogP contribution in [0.1, 0.15) is 15.9 Å². The predicted molar refractivity (Wildman–Crippen MR) is 56.1 cm³/mol. The van der Waals surface area contributed by atoms with Crippen molar-refractivity contribution in [1.82, 2.24) is 0 Å². The minimum Gasteiger partial charge on any atom is -0.478 e. The minimum atomic E-state index is -0.984. The first-order valence-electron chi connectivity index (χ1n) is 4.14. The monoisotopic (exact) mass is 242 g/mol. The zero-order valence-electron chi connectivity index (χ0n) is 7.66. The Hall–Kier alpha value is -1.11. The van der Waals surface area contributed by atoms with Crippen LogP contribution in [0.5, 0.6) is 0 Å². The average Bonchev–Trinajstić information content (AvgIpc) is 2.26. The van der Waals surface area contributed by atoms with Gasteiger partial charge in [-0.05, 0) is 24.1 Å². The number of carboxylic acid groups (broad SMARTS) is 1. The third-order valence-electron chi connectivity index (χ3n) is 1.86. The molecule has 0 aliphatic heterocycles. The van der Waals surface area contributed by atoms with Gasteiger partial charge in [0.2, 0.25) is 0 Å². The van der Waals surface area contributed by atoms with E-state index in [1.54, 1.807) is 12.1 Å². The van der Waals surface area contributed by atoms with E-state index < -0.39 is 11.4 Å². The molecule has 0 aliphatic carbocycles. The van der Waals surface area contributed by atoms with Crippen molar-refractivity contribution in [2.45, 2.75) is 11.8 Å². The Bertz CT molecular complexity index is 366. The molecule has 0 atom stereocenters. The van der Waals surface area contributed by atoms with E-state index in [2.05, 4.69) is 0 Å². The zero-order valence-corrected chi connectivity index (χ0v) is 9.45. The predicted octanol–water partition coefficient (Wildman–Crippen LogP) is 2.84. The van der Waals surface area contributed by atoms with Crippen LogP contribution in [0.25, 0.3) is 0 Å². The Kier molecular flexibility index (Phi) is 4.54.